The molecule has 4 heteroatoms. The van der Waals surface area contributed by atoms with Gasteiger partial charge < -0.3 is 19.5 Å². The standard InChI is InChI=1S/C16H23NO3/c1-18-15-6-5-12(8-13-4-2-3-7-17-13)9-16(15)20-14-10-19-11-14/h5-6,9,13-14,17H,2-4,7-8,10-11H2,1H3. The van der Waals surface area contributed by atoms with Gasteiger partial charge in [0.05, 0.1) is 20.3 Å². The van der Waals surface area contributed by atoms with Gasteiger partial charge in [-0.1, -0.05) is 12.5 Å². The number of piperidine rings is 1. The maximum absolute atomic E-state index is 5.93. The largest absolute Gasteiger partial charge is 0.493 e. The van der Waals surface area contributed by atoms with E-state index in [1.165, 1.54) is 24.8 Å². The van der Waals surface area contributed by atoms with Crippen molar-refractivity contribution in [1.29, 1.82) is 0 Å². The Bertz CT molecular complexity index is 439. The Morgan fingerprint density at radius 3 is 2.80 bits per heavy atom. The van der Waals surface area contributed by atoms with Crippen LogP contribution in [-0.4, -0.2) is 39.0 Å². The van der Waals surface area contributed by atoms with Gasteiger partial charge in [0.15, 0.2) is 11.5 Å². The van der Waals surface area contributed by atoms with E-state index < -0.39 is 0 Å². The van der Waals surface area contributed by atoms with E-state index in [1.54, 1.807) is 7.11 Å². The number of benzene rings is 1. The van der Waals surface area contributed by atoms with Gasteiger partial charge in [0.1, 0.15) is 6.10 Å². The Labute approximate surface area is 120 Å². The summed E-state index contributed by atoms with van der Waals surface area (Å²) in [4.78, 5) is 0. The lowest BCUT2D eigenvalue weighted by Gasteiger charge is -2.28. The number of hydrogen-bond acceptors (Lipinski definition) is 4. The van der Waals surface area contributed by atoms with Crippen LogP contribution in [0.4, 0.5) is 0 Å². The van der Waals surface area contributed by atoms with Crippen LogP contribution in [0.1, 0.15) is 24.8 Å². The predicted molar refractivity (Wildman–Crippen MR) is 77.6 cm³/mol. The number of rotatable bonds is 5. The van der Waals surface area contributed by atoms with Gasteiger partial charge in [0, 0.05) is 6.04 Å². The molecule has 0 spiro atoms. The highest BCUT2D eigenvalue weighted by atomic mass is 16.6. The second kappa shape index (κ2) is 6.46. The maximum atomic E-state index is 5.93. The minimum Gasteiger partial charge on any atom is -0.493 e. The van der Waals surface area contributed by atoms with Crippen molar-refractivity contribution in [2.45, 2.75) is 37.8 Å². The first-order valence-corrected chi connectivity index (χ1v) is 7.50. The minimum absolute atomic E-state index is 0.173. The van der Waals surface area contributed by atoms with Crippen LogP contribution in [0.3, 0.4) is 0 Å². The third-order valence-corrected chi connectivity index (χ3v) is 4.02. The topological polar surface area (TPSA) is 39.7 Å². The van der Waals surface area contributed by atoms with Gasteiger partial charge in [0.2, 0.25) is 0 Å². The van der Waals surface area contributed by atoms with Crippen molar-refractivity contribution in [3.05, 3.63) is 23.8 Å². The Balaban J connectivity index is 1.68. The molecule has 4 nitrogen and oxygen atoms in total. The smallest absolute Gasteiger partial charge is 0.162 e. The summed E-state index contributed by atoms with van der Waals surface area (Å²) < 4.78 is 16.5. The lowest BCUT2D eigenvalue weighted by atomic mass is 9.97. The molecule has 1 unspecified atom stereocenters. The van der Waals surface area contributed by atoms with Gasteiger partial charge in [0.25, 0.3) is 0 Å². The summed E-state index contributed by atoms with van der Waals surface area (Å²) in [5.41, 5.74) is 1.31. The molecule has 3 rings (SSSR count). The fourth-order valence-corrected chi connectivity index (χ4v) is 2.78. The summed E-state index contributed by atoms with van der Waals surface area (Å²) in [6.45, 7) is 2.50. The van der Waals surface area contributed by atoms with E-state index in [0.29, 0.717) is 19.3 Å². The first kappa shape index (κ1) is 13.7. The van der Waals surface area contributed by atoms with Crippen LogP contribution in [0.2, 0.25) is 0 Å². The van der Waals surface area contributed by atoms with E-state index in [2.05, 4.69) is 17.4 Å². The molecular formula is C16H23NO3. The predicted octanol–water partition coefficient (Wildman–Crippen LogP) is 2.16. The molecular weight excluding hydrogens is 254 g/mol. The van der Waals surface area contributed by atoms with E-state index in [4.69, 9.17) is 14.2 Å². The second-order valence-electron chi connectivity index (χ2n) is 5.61. The van der Waals surface area contributed by atoms with Gasteiger partial charge >= 0.3 is 0 Å². The number of ether oxygens (including phenoxy) is 3. The molecule has 20 heavy (non-hydrogen) atoms. The molecule has 1 N–H and O–H groups in total. The van der Waals surface area contributed by atoms with E-state index >= 15 is 0 Å². The molecule has 2 fully saturated rings. The van der Waals surface area contributed by atoms with Crippen molar-refractivity contribution in [2.24, 2.45) is 0 Å². The van der Waals surface area contributed by atoms with Crippen molar-refractivity contribution in [2.75, 3.05) is 26.9 Å². The summed E-state index contributed by atoms with van der Waals surface area (Å²) in [6.07, 6.45) is 5.12. The molecule has 1 atom stereocenters. The molecule has 0 radical (unpaired) electrons. The van der Waals surface area contributed by atoms with Crippen molar-refractivity contribution in [1.82, 2.24) is 5.32 Å². The molecule has 0 aromatic heterocycles. The summed E-state index contributed by atoms with van der Waals surface area (Å²) in [5, 5.41) is 3.59. The number of nitrogens with one attached hydrogen (secondary N) is 1. The quantitative estimate of drug-likeness (QED) is 0.895. The molecule has 2 saturated heterocycles. The Kier molecular flexibility index (Phi) is 4.43. The van der Waals surface area contributed by atoms with E-state index in [9.17, 15) is 0 Å². The monoisotopic (exact) mass is 277 g/mol. The van der Waals surface area contributed by atoms with E-state index in [0.717, 1.165) is 24.5 Å². The summed E-state index contributed by atoms with van der Waals surface area (Å²) >= 11 is 0. The number of hydrogen-bond donors (Lipinski definition) is 1. The molecule has 0 bridgehead atoms. The fraction of sp³-hybridized carbons (Fsp3) is 0.625. The normalized spacial score (nSPS) is 23.1. The lowest BCUT2D eigenvalue weighted by molar-refractivity contribution is -0.0803. The highest BCUT2D eigenvalue weighted by molar-refractivity contribution is 5.43. The maximum Gasteiger partial charge on any atom is 0.162 e. The molecule has 2 aliphatic heterocycles. The summed E-state index contributed by atoms with van der Waals surface area (Å²) in [5.74, 6) is 1.64. The van der Waals surface area contributed by atoms with Gasteiger partial charge in [-0.25, -0.2) is 0 Å². The minimum atomic E-state index is 0.173. The van der Waals surface area contributed by atoms with Crippen LogP contribution in [-0.2, 0) is 11.2 Å². The number of methoxy groups -OCH3 is 1. The highest BCUT2D eigenvalue weighted by Crippen LogP contribution is 2.30. The average molecular weight is 277 g/mol. The molecule has 0 aliphatic carbocycles. The third-order valence-electron chi connectivity index (χ3n) is 4.02. The van der Waals surface area contributed by atoms with E-state index in [-0.39, 0.29) is 6.10 Å². The molecule has 1 aromatic rings. The SMILES string of the molecule is COc1ccc(CC2CCCCN2)cc1OC1COC1. The second-order valence-corrected chi connectivity index (χ2v) is 5.61. The zero-order chi connectivity index (χ0) is 13.8. The van der Waals surface area contributed by atoms with Crippen LogP contribution in [0, 0.1) is 0 Å². The van der Waals surface area contributed by atoms with E-state index in [1.807, 2.05) is 6.07 Å². The van der Waals surface area contributed by atoms with Gasteiger partial charge in [-0.3, -0.25) is 0 Å². The summed E-state index contributed by atoms with van der Waals surface area (Å²) in [6, 6.07) is 6.86. The van der Waals surface area contributed by atoms with Crippen molar-refractivity contribution < 1.29 is 14.2 Å². The fourth-order valence-electron chi connectivity index (χ4n) is 2.78. The molecule has 2 heterocycles. The molecule has 0 saturated carbocycles. The van der Waals surface area contributed by atoms with Crippen LogP contribution in [0.25, 0.3) is 0 Å². The average Bonchev–Trinajstić information content (AvgIpc) is 2.44. The van der Waals surface area contributed by atoms with Gasteiger partial charge in [-0.2, -0.15) is 0 Å². The Hall–Kier alpha value is -1.26. The summed E-state index contributed by atoms with van der Waals surface area (Å²) in [7, 11) is 1.68. The first-order chi connectivity index (χ1) is 9.85. The van der Waals surface area contributed by atoms with Crippen molar-refractivity contribution >= 4 is 0 Å². The van der Waals surface area contributed by atoms with Crippen LogP contribution in [0.5, 0.6) is 11.5 Å². The molecule has 1 aromatic carbocycles. The Morgan fingerprint density at radius 1 is 1.25 bits per heavy atom. The lowest BCUT2D eigenvalue weighted by Crippen LogP contribution is -2.38. The van der Waals surface area contributed by atoms with Crippen molar-refractivity contribution in [3.8, 4) is 11.5 Å². The zero-order valence-electron chi connectivity index (χ0n) is 12.1. The molecule has 0 amide bonds. The Morgan fingerprint density at radius 2 is 2.15 bits per heavy atom. The molecule has 2 aliphatic rings. The highest BCUT2D eigenvalue weighted by Gasteiger charge is 2.22. The van der Waals surface area contributed by atoms with Crippen LogP contribution >= 0.6 is 0 Å². The van der Waals surface area contributed by atoms with Crippen LogP contribution < -0.4 is 14.8 Å². The van der Waals surface area contributed by atoms with Crippen molar-refractivity contribution in [3.63, 3.8) is 0 Å². The third kappa shape index (κ3) is 3.25. The molecule has 110 valence electrons. The zero-order valence-corrected chi connectivity index (χ0v) is 12.1. The van der Waals surface area contributed by atoms with Crippen LogP contribution in [0.15, 0.2) is 18.2 Å². The van der Waals surface area contributed by atoms with Gasteiger partial charge in [-0.15, -0.1) is 0 Å². The first-order valence-electron chi connectivity index (χ1n) is 7.50. The van der Waals surface area contributed by atoms with Gasteiger partial charge in [-0.05, 0) is 43.5 Å².